The van der Waals surface area contributed by atoms with E-state index in [1.165, 1.54) is 43.6 Å². The quantitative estimate of drug-likeness (QED) is 0.579. The van der Waals surface area contributed by atoms with Crippen molar-refractivity contribution in [2.24, 2.45) is 0 Å². The summed E-state index contributed by atoms with van der Waals surface area (Å²) in [4.78, 5) is 16.6. The lowest BCUT2D eigenvalue weighted by atomic mass is 10.1. The molecule has 0 fully saturated rings. The number of pyridine rings is 1. The molecule has 0 saturated carbocycles. The molecule has 2 aromatic carbocycles. The van der Waals surface area contributed by atoms with E-state index in [-0.39, 0.29) is 22.8 Å². The van der Waals surface area contributed by atoms with Crippen LogP contribution in [0.3, 0.4) is 0 Å². The van der Waals surface area contributed by atoms with Crippen LogP contribution in [0.15, 0.2) is 53.6 Å². The summed E-state index contributed by atoms with van der Waals surface area (Å²) in [5.74, 6) is -1.06. The minimum absolute atomic E-state index is 0.0365. The molecule has 0 bridgehead atoms. The number of nitrogens with one attached hydrogen (secondary N) is 1. The van der Waals surface area contributed by atoms with E-state index in [2.05, 4.69) is 9.71 Å². The number of esters is 1. The lowest BCUT2D eigenvalue weighted by Gasteiger charge is -2.21. The third-order valence-electron chi connectivity index (χ3n) is 4.29. The van der Waals surface area contributed by atoms with Crippen LogP contribution in [0.25, 0.3) is 10.9 Å². The Morgan fingerprint density at radius 1 is 1.16 bits per heavy atom. The summed E-state index contributed by atoms with van der Waals surface area (Å²) in [6.45, 7) is 4.96. The molecule has 164 valence electrons. The Balaban J connectivity index is 1.87. The number of fused-ring (bicyclic) bond motifs is 1. The Labute approximate surface area is 180 Å². The second kappa shape index (κ2) is 8.60. The summed E-state index contributed by atoms with van der Waals surface area (Å²) >= 11 is 0. The first-order valence-electron chi connectivity index (χ1n) is 9.43. The Bertz CT molecular complexity index is 1240. The van der Waals surface area contributed by atoms with Gasteiger partial charge < -0.3 is 9.47 Å². The van der Waals surface area contributed by atoms with Gasteiger partial charge in [-0.15, -0.1) is 0 Å². The molecule has 0 saturated heterocycles. The maximum absolute atomic E-state index is 14.0. The maximum atomic E-state index is 14.0. The lowest BCUT2D eigenvalue weighted by Crippen LogP contribution is -2.40. The third-order valence-corrected chi connectivity index (χ3v) is 6.07. The van der Waals surface area contributed by atoms with Crippen molar-refractivity contribution < 1.29 is 27.1 Å². The van der Waals surface area contributed by atoms with E-state index >= 15 is 0 Å². The van der Waals surface area contributed by atoms with Crippen LogP contribution in [0, 0.1) is 5.82 Å². The number of halogens is 1. The lowest BCUT2D eigenvalue weighted by molar-refractivity contribution is 0.0474. The maximum Gasteiger partial charge on any atom is 0.338 e. The smallest absolute Gasteiger partial charge is 0.338 e. The van der Waals surface area contributed by atoms with Gasteiger partial charge in [-0.05, 0) is 57.2 Å². The zero-order valence-electron chi connectivity index (χ0n) is 17.6. The monoisotopic (exact) mass is 446 g/mol. The molecule has 1 N–H and O–H groups in total. The molecule has 31 heavy (non-hydrogen) atoms. The van der Waals surface area contributed by atoms with Crippen LogP contribution < -0.4 is 9.46 Å². The van der Waals surface area contributed by atoms with Crippen LogP contribution in [0.2, 0.25) is 0 Å². The molecular weight excluding hydrogens is 423 g/mol. The first-order valence-corrected chi connectivity index (χ1v) is 10.9. The van der Waals surface area contributed by atoms with Crippen LogP contribution >= 0.6 is 0 Å². The molecule has 0 aliphatic carbocycles. The Hall–Kier alpha value is -3.04. The second-order valence-electron chi connectivity index (χ2n) is 7.90. The van der Waals surface area contributed by atoms with Gasteiger partial charge in [-0.25, -0.2) is 22.3 Å². The summed E-state index contributed by atoms with van der Waals surface area (Å²) < 4.78 is 52.5. The van der Waals surface area contributed by atoms with Crippen LogP contribution in [-0.4, -0.2) is 32.0 Å². The average molecular weight is 447 g/mol. The largest absolute Gasteiger partial charge is 0.495 e. The zero-order chi connectivity index (χ0) is 22.8. The number of carbonyl (C=O) groups excluding carboxylic acids is 1. The number of nitrogens with zero attached hydrogens (tertiary/aromatic N) is 1. The summed E-state index contributed by atoms with van der Waals surface area (Å²) in [6, 6.07) is 9.99. The van der Waals surface area contributed by atoms with E-state index in [0.29, 0.717) is 16.5 Å². The Morgan fingerprint density at radius 2 is 1.90 bits per heavy atom. The highest BCUT2D eigenvalue weighted by Gasteiger charge is 2.26. The summed E-state index contributed by atoms with van der Waals surface area (Å²) in [7, 11) is -2.61. The van der Waals surface area contributed by atoms with Crippen LogP contribution in [0.1, 0.15) is 36.7 Å². The van der Waals surface area contributed by atoms with Crippen molar-refractivity contribution in [1.29, 1.82) is 0 Å². The number of methoxy groups -OCH3 is 1. The number of carbonyl (C=O) groups is 1. The third kappa shape index (κ3) is 5.18. The van der Waals surface area contributed by atoms with Gasteiger partial charge >= 0.3 is 5.97 Å². The van der Waals surface area contributed by atoms with E-state index < -0.39 is 27.3 Å². The van der Waals surface area contributed by atoms with Crippen LogP contribution in [0.4, 0.5) is 4.39 Å². The first-order chi connectivity index (χ1) is 14.5. The van der Waals surface area contributed by atoms with E-state index in [4.69, 9.17) is 9.47 Å². The number of ether oxygens (including phenoxy) is 2. The standard InChI is InChI=1S/C22H23FN2O5S/c1-22(2,3)25-31(27,28)19-12-14(8-10-18(19)29-4)21(26)30-13-15-7-9-17(23)16-6-5-11-24-20(15)16/h5-12,25H,13H2,1-4H3. The molecular formula is C22H23FN2O5S. The molecule has 1 aromatic heterocycles. The molecule has 0 aliphatic heterocycles. The highest BCUT2D eigenvalue weighted by atomic mass is 32.2. The fourth-order valence-electron chi connectivity index (χ4n) is 3.01. The topological polar surface area (TPSA) is 94.6 Å². The molecule has 0 unspecified atom stereocenters. The zero-order valence-corrected chi connectivity index (χ0v) is 18.4. The number of hydrogen-bond donors (Lipinski definition) is 1. The molecule has 3 rings (SSSR count). The summed E-state index contributed by atoms with van der Waals surface area (Å²) in [5, 5.41) is 0.321. The van der Waals surface area contributed by atoms with E-state index in [1.807, 2.05) is 0 Å². The predicted molar refractivity (Wildman–Crippen MR) is 114 cm³/mol. The van der Waals surface area contributed by atoms with E-state index in [0.717, 1.165) is 0 Å². The molecule has 0 atom stereocenters. The molecule has 1 heterocycles. The van der Waals surface area contributed by atoms with Gasteiger partial charge in [0.2, 0.25) is 10.0 Å². The highest BCUT2D eigenvalue weighted by molar-refractivity contribution is 7.89. The number of sulfonamides is 1. The molecule has 0 radical (unpaired) electrons. The van der Waals surface area contributed by atoms with Crippen molar-refractivity contribution in [1.82, 2.24) is 9.71 Å². The minimum Gasteiger partial charge on any atom is -0.495 e. The molecule has 0 spiro atoms. The molecule has 7 nitrogen and oxygen atoms in total. The van der Waals surface area contributed by atoms with Gasteiger partial charge in [-0.3, -0.25) is 4.98 Å². The average Bonchev–Trinajstić information content (AvgIpc) is 2.71. The predicted octanol–water partition coefficient (Wildman–Crippen LogP) is 3.82. The normalized spacial score (nSPS) is 12.0. The minimum atomic E-state index is -3.95. The SMILES string of the molecule is COc1ccc(C(=O)OCc2ccc(F)c3cccnc23)cc1S(=O)(=O)NC(C)(C)C. The Kier molecular flexibility index (Phi) is 6.28. The van der Waals surface area contributed by atoms with Crippen molar-refractivity contribution in [3.05, 3.63) is 65.6 Å². The van der Waals surface area contributed by atoms with E-state index in [9.17, 15) is 17.6 Å². The van der Waals surface area contributed by atoms with Gasteiger partial charge in [0.1, 0.15) is 23.1 Å². The first kappa shape index (κ1) is 22.6. The Morgan fingerprint density at radius 3 is 2.58 bits per heavy atom. The van der Waals surface area contributed by atoms with Gasteiger partial charge in [0.25, 0.3) is 0 Å². The van der Waals surface area contributed by atoms with Crippen LogP contribution in [-0.2, 0) is 21.4 Å². The van der Waals surface area contributed by atoms with Gasteiger partial charge in [0, 0.05) is 22.7 Å². The number of rotatable bonds is 6. The second-order valence-corrected chi connectivity index (χ2v) is 9.55. The summed E-state index contributed by atoms with van der Waals surface area (Å²) in [6.07, 6.45) is 1.52. The molecule has 9 heteroatoms. The summed E-state index contributed by atoms with van der Waals surface area (Å²) in [5.41, 5.74) is 0.232. The van der Waals surface area contributed by atoms with Gasteiger partial charge in [0.05, 0.1) is 18.2 Å². The number of benzene rings is 2. The highest BCUT2D eigenvalue weighted by Crippen LogP contribution is 2.27. The van der Waals surface area contributed by atoms with Gasteiger partial charge in [0.15, 0.2) is 0 Å². The van der Waals surface area contributed by atoms with Crippen molar-refractivity contribution in [3.63, 3.8) is 0 Å². The van der Waals surface area contributed by atoms with Gasteiger partial charge in [-0.1, -0.05) is 6.07 Å². The van der Waals surface area contributed by atoms with Crippen molar-refractivity contribution >= 4 is 26.9 Å². The van der Waals surface area contributed by atoms with E-state index in [1.54, 1.807) is 32.9 Å². The number of aromatic nitrogens is 1. The number of hydrogen-bond acceptors (Lipinski definition) is 6. The van der Waals surface area contributed by atoms with Crippen LogP contribution in [0.5, 0.6) is 5.75 Å². The van der Waals surface area contributed by atoms with Gasteiger partial charge in [-0.2, -0.15) is 0 Å². The fraction of sp³-hybridized carbons (Fsp3) is 0.273. The van der Waals surface area contributed by atoms with Crippen molar-refractivity contribution in [2.45, 2.75) is 37.8 Å². The molecule has 0 aliphatic rings. The molecule has 3 aromatic rings. The fourth-order valence-corrected chi connectivity index (χ4v) is 4.63. The van der Waals surface area contributed by atoms with Crippen molar-refractivity contribution in [2.75, 3.05) is 7.11 Å². The molecule has 0 amide bonds. The van der Waals surface area contributed by atoms with Crippen molar-refractivity contribution in [3.8, 4) is 5.75 Å².